The van der Waals surface area contributed by atoms with E-state index in [0.717, 1.165) is 5.69 Å². The monoisotopic (exact) mass is 301 g/mol. The molecular weight excluding hydrogens is 290 g/mol. The van der Waals surface area contributed by atoms with Crippen molar-refractivity contribution < 1.29 is 8.42 Å². The first-order valence-electron chi connectivity index (χ1n) is 5.28. The Morgan fingerprint density at radius 3 is 2.89 bits per heavy atom. The zero-order valence-corrected chi connectivity index (χ0v) is 11.6. The Balaban J connectivity index is 2.23. The van der Waals surface area contributed by atoms with Crippen molar-refractivity contribution in [3.63, 3.8) is 0 Å². The quantitative estimate of drug-likeness (QED) is 0.857. The molecule has 0 aliphatic rings. The Labute approximate surface area is 115 Å². The second-order valence-corrected chi connectivity index (χ2v) is 5.98. The van der Waals surface area contributed by atoms with E-state index in [4.69, 9.17) is 17.3 Å². The van der Waals surface area contributed by atoms with E-state index in [1.54, 1.807) is 24.0 Å². The largest absolute Gasteiger partial charge is 0.383 e. The number of nitrogens with one attached hydrogen (secondary N) is 1. The van der Waals surface area contributed by atoms with Gasteiger partial charge >= 0.3 is 0 Å². The summed E-state index contributed by atoms with van der Waals surface area (Å²) in [6, 6.07) is 2.97. The molecule has 0 saturated heterocycles. The van der Waals surface area contributed by atoms with Gasteiger partial charge < -0.3 is 5.73 Å². The van der Waals surface area contributed by atoms with Crippen LogP contribution in [0.1, 0.15) is 5.69 Å². The number of aryl methyl sites for hydroxylation is 1. The molecule has 0 amide bonds. The van der Waals surface area contributed by atoms with Crippen LogP contribution in [0.15, 0.2) is 29.4 Å². The van der Waals surface area contributed by atoms with E-state index in [-0.39, 0.29) is 22.3 Å². The normalized spacial score (nSPS) is 11.7. The van der Waals surface area contributed by atoms with Crippen LogP contribution in [0.25, 0.3) is 0 Å². The summed E-state index contributed by atoms with van der Waals surface area (Å²) in [6.45, 7) is 0.102. The molecule has 0 fully saturated rings. The Bertz CT molecular complexity index is 698. The summed E-state index contributed by atoms with van der Waals surface area (Å²) in [5, 5.41) is 4.15. The Morgan fingerprint density at radius 1 is 1.53 bits per heavy atom. The first-order chi connectivity index (χ1) is 8.90. The van der Waals surface area contributed by atoms with Crippen LogP contribution in [0, 0.1) is 0 Å². The molecule has 3 N–H and O–H groups in total. The van der Waals surface area contributed by atoms with Crippen LogP contribution in [0.5, 0.6) is 0 Å². The number of hydrogen-bond donors (Lipinski definition) is 2. The molecule has 2 aromatic rings. The third kappa shape index (κ3) is 3.03. The zero-order chi connectivity index (χ0) is 14.0. The van der Waals surface area contributed by atoms with Gasteiger partial charge in [-0.2, -0.15) is 5.10 Å². The minimum Gasteiger partial charge on any atom is -0.383 e. The summed E-state index contributed by atoms with van der Waals surface area (Å²) in [5.41, 5.74) is 6.27. The van der Waals surface area contributed by atoms with Crippen LogP contribution < -0.4 is 10.5 Å². The summed E-state index contributed by atoms with van der Waals surface area (Å²) in [7, 11) is -2.05. The Morgan fingerprint density at radius 2 is 2.26 bits per heavy atom. The van der Waals surface area contributed by atoms with Gasteiger partial charge in [0.05, 0.1) is 17.3 Å². The minimum absolute atomic E-state index is 0.0955. The highest BCUT2D eigenvalue weighted by Gasteiger charge is 2.19. The lowest BCUT2D eigenvalue weighted by Gasteiger charge is -2.08. The van der Waals surface area contributed by atoms with Crippen molar-refractivity contribution in [2.75, 3.05) is 5.73 Å². The van der Waals surface area contributed by atoms with Crippen molar-refractivity contribution >= 4 is 27.4 Å². The smallest absolute Gasteiger partial charge is 0.244 e. The van der Waals surface area contributed by atoms with E-state index < -0.39 is 10.0 Å². The molecule has 7 nitrogen and oxygen atoms in total. The lowest BCUT2D eigenvalue weighted by Crippen LogP contribution is -2.25. The maximum absolute atomic E-state index is 12.1. The van der Waals surface area contributed by atoms with Crippen LogP contribution in [-0.4, -0.2) is 23.2 Å². The average Bonchev–Trinajstić information content (AvgIpc) is 2.75. The molecule has 0 saturated carbocycles. The van der Waals surface area contributed by atoms with Crippen molar-refractivity contribution in [2.45, 2.75) is 11.4 Å². The number of hydrogen-bond acceptors (Lipinski definition) is 5. The number of rotatable bonds is 4. The van der Waals surface area contributed by atoms with Crippen LogP contribution >= 0.6 is 11.6 Å². The maximum Gasteiger partial charge on any atom is 0.244 e. The van der Waals surface area contributed by atoms with Gasteiger partial charge in [-0.25, -0.2) is 18.1 Å². The molecule has 2 heterocycles. The van der Waals surface area contributed by atoms with Gasteiger partial charge in [0.25, 0.3) is 0 Å². The zero-order valence-electron chi connectivity index (χ0n) is 10.0. The van der Waals surface area contributed by atoms with Crippen LogP contribution in [0.3, 0.4) is 0 Å². The topological polar surface area (TPSA) is 103 Å². The van der Waals surface area contributed by atoms with E-state index in [1.165, 1.54) is 12.3 Å². The molecule has 0 aliphatic carbocycles. The molecule has 102 valence electrons. The number of nitrogen functional groups attached to an aromatic ring is 1. The average molecular weight is 302 g/mol. The number of nitrogens with zero attached hydrogens (tertiary/aromatic N) is 3. The van der Waals surface area contributed by atoms with E-state index in [2.05, 4.69) is 14.8 Å². The highest BCUT2D eigenvalue weighted by molar-refractivity contribution is 7.89. The van der Waals surface area contributed by atoms with E-state index in [9.17, 15) is 8.42 Å². The summed E-state index contributed by atoms with van der Waals surface area (Å²) in [6.07, 6.45) is 2.87. The van der Waals surface area contributed by atoms with Crippen LogP contribution in [0.2, 0.25) is 5.02 Å². The molecule has 0 aliphatic heterocycles. The molecule has 0 spiro atoms. The van der Waals surface area contributed by atoms with Crippen molar-refractivity contribution in [1.29, 1.82) is 0 Å². The molecule has 0 atom stereocenters. The van der Waals surface area contributed by atoms with Gasteiger partial charge in [0, 0.05) is 19.4 Å². The minimum atomic E-state index is -3.77. The van der Waals surface area contributed by atoms with Gasteiger partial charge in [-0.05, 0) is 12.1 Å². The number of anilines is 1. The van der Waals surface area contributed by atoms with Crippen molar-refractivity contribution in [3.8, 4) is 0 Å². The first kappa shape index (κ1) is 13.8. The van der Waals surface area contributed by atoms with E-state index >= 15 is 0 Å². The fourth-order valence-electron chi connectivity index (χ4n) is 1.47. The predicted octanol–water partition coefficient (Wildman–Crippen LogP) is 0.529. The highest BCUT2D eigenvalue weighted by Crippen LogP contribution is 2.20. The highest BCUT2D eigenvalue weighted by atomic mass is 35.5. The molecule has 0 unspecified atom stereocenters. The summed E-state index contributed by atoms with van der Waals surface area (Å²) in [4.78, 5) is 3.58. The van der Waals surface area contributed by atoms with Gasteiger partial charge in [-0.1, -0.05) is 11.6 Å². The fraction of sp³-hybridized carbons (Fsp3) is 0.200. The van der Waals surface area contributed by atoms with E-state index in [0.29, 0.717) is 0 Å². The summed E-state index contributed by atoms with van der Waals surface area (Å²) < 4.78 is 28.2. The number of aromatic nitrogens is 3. The second-order valence-electron chi connectivity index (χ2n) is 3.81. The molecule has 0 aromatic carbocycles. The van der Waals surface area contributed by atoms with E-state index in [1.807, 2.05) is 0 Å². The van der Waals surface area contributed by atoms with Gasteiger partial charge in [0.15, 0.2) is 0 Å². The number of pyridine rings is 1. The maximum atomic E-state index is 12.1. The molecule has 2 rings (SSSR count). The second kappa shape index (κ2) is 5.16. The number of sulfonamides is 1. The van der Waals surface area contributed by atoms with Crippen LogP contribution in [-0.2, 0) is 23.6 Å². The molecular formula is C10H12ClN5O2S. The van der Waals surface area contributed by atoms with Gasteiger partial charge in [0.1, 0.15) is 10.7 Å². The molecule has 2 aromatic heterocycles. The lowest BCUT2D eigenvalue weighted by atomic mass is 10.4. The molecule has 19 heavy (non-hydrogen) atoms. The third-order valence-electron chi connectivity index (χ3n) is 2.50. The Kier molecular flexibility index (Phi) is 3.74. The SMILES string of the molecule is Cn1nccc1CNS(=O)(=O)c1cc(Cl)cnc1N. The standard InChI is InChI=1S/C10H12ClN5O2S/c1-16-8(2-3-14-16)6-15-19(17,18)9-4-7(11)5-13-10(9)12/h2-5,15H,6H2,1H3,(H2,12,13). The molecule has 9 heteroatoms. The van der Waals surface area contributed by atoms with Crippen molar-refractivity contribution in [2.24, 2.45) is 7.05 Å². The first-order valence-corrected chi connectivity index (χ1v) is 7.14. The van der Waals surface area contributed by atoms with Crippen molar-refractivity contribution in [3.05, 3.63) is 35.2 Å². The lowest BCUT2D eigenvalue weighted by molar-refractivity contribution is 0.577. The number of nitrogens with two attached hydrogens (primary N) is 1. The van der Waals surface area contributed by atoms with Gasteiger partial charge in [-0.15, -0.1) is 0 Å². The number of halogens is 1. The van der Waals surface area contributed by atoms with Crippen molar-refractivity contribution in [1.82, 2.24) is 19.5 Å². The van der Waals surface area contributed by atoms with Crippen LogP contribution in [0.4, 0.5) is 5.82 Å². The predicted molar refractivity (Wildman–Crippen MR) is 70.9 cm³/mol. The van der Waals surface area contributed by atoms with Gasteiger partial charge in [0.2, 0.25) is 10.0 Å². The summed E-state index contributed by atoms with van der Waals surface area (Å²) in [5.74, 6) is -0.0955. The Hall–Kier alpha value is -1.64. The third-order valence-corrected chi connectivity index (χ3v) is 4.14. The summed E-state index contributed by atoms with van der Waals surface area (Å²) >= 11 is 5.72. The fourth-order valence-corrected chi connectivity index (χ4v) is 2.79. The molecule has 0 bridgehead atoms. The molecule has 0 radical (unpaired) electrons. The van der Waals surface area contributed by atoms with Gasteiger partial charge in [-0.3, -0.25) is 4.68 Å².